The third kappa shape index (κ3) is 4.98. The maximum Gasteiger partial charge on any atom is 0.307 e. The molecule has 0 spiro atoms. The number of rotatable bonds is 7. The van der Waals surface area contributed by atoms with Gasteiger partial charge in [-0.2, -0.15) is 10.2 Å². The van der Waals surface area contributed by atoms with E-state index in [1.165, 1.54) is 35.4 Å². The smallest absolute Gasteiger partial charge is 0.307 e. The van der Waals surface area contributed by atoms with Crippen LogP contribution in [0.15, 0.2) is 67.3 Å². The van der Waals surface area contributed by atoms with Gasteiger partial charge in [0.15, 0.2) is 0 Å². The lowest BCUT2D eigenvalue weighted by molar-refractivity contribution is -0.385. The summed E-state index contributed by atoms with van der Waals surface area (Å²) < 4.78 is 16.2. The van der Waals surface area contributed by atoms with Crippen LogP contribution in [0.2, 0.25) is 5.02 Å². The minimum atomic E-state index is -0.507. The van der Waals surface area contributed by atoms with Gasteiger partial charge in [-0.05, 0) is 35.4 Å². The maximum atomic E-state index is 13.2. The number of aromatic nitrogens is 4. The lowest BCUT2D eigenvalue weighted by Crippen LogP contribution is -2.11. The van der Waals surface area contributed by atoms with Gasteiger partial charge < -0.3 is 5.32 Å². The molecule has 0 aliphatic carbocycles. The van der Waals surface area contributed by atoms with E-state index in [1.807, 2.05) is 0 Å². The molecule has 1 N–H and O–H groups in total. The number of carbonyl (C=O) groups is 1. The molecule has 0 unspecified atom stereocenters. The topological polar surface area (TPSA) is 108 Å². The van der Waals surface area contributed by atoms with E-state index in [0.29, 0.717) is 34.9 Å². The Balaban J connectivity index is 1.37. The van der Waals surface area contributed by atoms with Gasteiger partial charge in [0.2, 0.25) is 0 Å². The second kappa shape index (κ2) is 8.98. The highest BCUT2D eigenvalue weighted by atomic mass is 35.5. The van der Waals surface area contributed by atoms with Crippen LogP contribution in [-0.2, 0) is 13.1 Å². The summed E-state index contributed by atoms with van der Waals surface area (Å²) in [6.07, 6.45) is 5.69. The summed E-state index contributed by atoms with van der Waals surface area (Å²) in [4.78, 5) is 22.7. The van der Waals surface area contributed by atoms with Crippen molar-refractivity contribution >= 4 is 28.9 Å². The van der Waals surface area contributed by atoms with E-state index in [2.05, 4.69) is 15.5 Å². The first-order valence-electron chi connectivity index (χ1n) is 9.41. The Bertz CT molecular complexity index is 1280. The monoisotopic (exact) mass is 454 g/mol. The Morgan fingerprint density at radius 1 is 1.06 bits per heavy atom. The van der Waals surface area contributed by atoms with E-state index >= 15 is 0 Å². The molecule has 0 saturated heterocycles. The average molecular weight is 455 g/mol. The Kier molecular flexibility index (Phi) is 5.95. The van der Waals surface area contributed by atoms with Crippen LogP contribution in [0.25, 0.3) is 0 Å². The number of nitrogens with one attached hydrogen (secondary N) is 1. The third-order valence-electron chi connectivity index (χ3n) is 4.63. The summed E-state index contributed by atoms with van der Waals surface area (Å²) in [5.74, 6) is -0.727. The predicted octanol–water partition coefficient (Wildman–Crippen LogP) is 4.13. The van der Waals surface area contributed by atoms with E-state index < -0.39 is 10.7 Å². The van der Waals surface area contributed by atoms with Crippen molar-refractivity contribution < 1.29 is 14.1 Å². The Morgan fingerprint density at radius 3 is 2.47 bits per heavy atom. The van der Waals surface area contributed by atoms with Gasteiger partial charge in [0, 0.05) is 16.8 Å². The number of halogens is 2. The molecule has 162 valence electrons. The first-order chi connectivity index (χ1) is 15.4. The molecule has 0 bridgehead atoms. The lowest BCUT2D eigenvalue weighted by atomic mass is 10.1. The standard InChI is InChI=1S/C21H16ClFN6O3/c22-20-7-17(23)6-5-16(20)11-28-12-18(8-24-28)26-21(30)15-3-1-14(2-4-15)10-27-13-19(9-25-27)29(31)32/h1-9,12-13H,10-11H2,(H,26,30). The molecule has 4 rings (SSSR count). The second-order valence-corrected chi connectivity index (χ2v) is 7.37. The fourth-order valence-electron chi connectivity index (χ4n) is 3.02. The molecule has 0 atom stereocenters. The average Bonchev–Trinajstić information content (AvgIpc) is 3.40. The van der Waals surface area contributed by atoms with Crippen molar-refractivity contribution in [3.63, 3.8) is 0 Å². The Hall–Kier alpha value is -4.05. The van der Waals surface area contributed by atoms with Crippen LogP contribution in [0.5, 0.6) is 0 Å². The fraction of sp³-hybridized carbons (Fsp3) is 0.0952. The van der Waals surface area contributed by atoms with Gasteiger partial charge in [-0.15, -0.1) is 0 Å². The summed E-state index contributed by atoms with van der Waals surface area (Å²) >= 11 is 6.04. The number of hydrogen-bond donors (Lipinski definition) is 1. The zero-order chi connectivity index (χ0) is 22.7. The van der Waals surface area contributed by atoms with Crippen LogP contribution in [0.1, 0.15) is 21.5 Å². The molecular weight excluding hydrogens is 439 g/mol. The van der Waals surface area contributed by atoms with Crippen LogP contribution in [0.3, 0.4) is 0 Å². The van der Waals surface area contributed by atoms with Gasteiger partial charge in [0.1, 0.15) is 18.2 Å². The quantitative estimate of drug-likeness (QED) is 0.333. The molecule has 2 heterocycles. The van der Waals surface area contributed by atoms with Crippen molar-refractivity contribution in [3.8, 4) is 0 Å². The molecular formula is C21H16ClFN6O3. The van der Waals surface area contributed by atoms with Gasteiger partial charge >= 0.3 is 5.69 Å². The summed E-state index contributed by atoms with van der Waals surface area (Å²) in [5.41, 5.74) is 2.40. The molecule has 0 fully saturated rings. The molecule has 11 heteroatoms. The lowest BCUT2D eigenvalue weighted by Gasteiger charge is -2.06. The van der Waals surface area contributed by atoms with Crippen molar-refractivity contribution in [1.29, 1.82) is 0 Å². The number of nitro groups is 1. The van der Waals surface area contributed by atoms with Gasteiger partial charge in [-0.1, -0.05) is 29.8 Å². The zero-order valence-electron chi connectivity index (χ0n) is 16.5. The highest BCUT2D eigenvalue weighted by Gasteiger charge is 2.11. The van der Waals surface area contributed by atoms with Gasteiger partial charge in [-0.3, -0.25) is 24.3 Å². The van der Waals surface area contributed by atoms with Crippen molar-refractivity contribution in [3.05, 3.63) is 105 Å². The van der Waals surface area contributed by atoms with Crippen molar-refractivity contribution in [2.75, 3.05) is 5.32 Å². The molecule has 2 aromatic heterocycles. The summed E-state index contributed by atoms with van der Waals surface area (Å²) in [5, 5.41) is 21.9. The molecule has 4 aromatic rings. The third-order valence-corrected chi connectivity index (χ3v) is 4.98. The van der Waals surface area contributed by atoms with Crippen LogP contribution < -0.4 is 5.32 Å². The molecule has 2 aromatic carbocycles. The van der Waals surface area contributed by atoms with Crippen molar-refractivity contribution in [1.82, 2.24) is 19.6 Å². The minimum Gasteiger partial charge on any atom is -0.319 e. The number of carbonyl (C=O) groups excluding carboxylic acids is 1. The van der Waals surface area contributed by atoms with Crippen molar-refractivity contribution in [2.45, 2.75) is 13.1 Å². The van der Waals surface area contributed by atoms with Crippen LogP contribution in [-0.4, -0.2) is 30.4 Å². The highest BCUT2D eigenvalue weighted by molar-refractivity contribution is 6.31. The summed E-state index contributed by atoms with van der Waals surface area (Å²) in [6.45, 7) is 0.670. The van der Waals surface area contributed by atoms with Crippen molar-refractivity contribution in [2.24, 2.45) is 0 Å². The van der Waals surface area contributed by atoms with Crippen LogP contribution >= 0.6 is 11.6 Å². The predicted molar refractivity (Wildman–Crippen MR) is 115 cm³/mol. The SMILES string of the molecule is O=C(Nc1cnn(Cc2ccc(F)cc2Cl)c1)c1ccc(Cn2cc([N+](=O)[O-])cn2)cc1. The minimum absolute atomic E-state index is 0.0803. The zero-order valence-corrected chi connectivity index (χ0v) is 17.2. The molecule has 0 saturated carbocycles. The first-order valence-corrected chi connectivity index (χ1v) is 9.79. The number of hydrogen-bond acceptors (Lipinski definition) is 5. The number of anilines is 1. The molecule has 32 heavy (non-hydrogen) atoms. The highest BCUT2D eigenvalue weighted by Crippen LogP contribution is 2.19. The molecule has 9 nitrogen and oxygen atoms in total. The summed E-state index contributed by atoms with van der Waals surface area (Å²) in [7, 11) is 0. The van der Waals surface area contributed by atoms with E-state index in [0.717, 1.165) is 5.56 Å². The number of benzene rings is 2. The fourth-order valence-corrected chi connectivity index (χ4v) is 3.25. The molecule has 0 aliphatic rings. The van der Waals surface area contributed by atoms with Gasteiger partial charge in [-0.25, -0.2) is 4.39 Å². The largest absolute Gasteiger partial charge is 0.319 e. The van der Waals surface area contributed by atoms with Gasteiger partial charge in [0.05, 0.1) is 29.9 Å². The maximum absolute atomic E-state index is 13.2. The number of amides is 1. The first kappa shape index (κ1) is 21.2. The van der Waals surface area contributed by atoms with E-state index in [-0.39, 0.29) is 11.6 Å². The molecule has 0 radical (unpaired) electrons. The summed E-state index contributed by atoms with van der Waals surface area (Å²) in [6, 6.07) is 11.0. The van der Waals surface area contributed by atoms with Crippen LogP contribution in [0.4, 0.5) is 15.8 Å². The number of nitrogens with zero attached hydrogens (tertiary/aromatic N) is 5. The van der Waals surface area contributed by atoms with E-state index in [4.69, 9.17) is 11.6 Å². The second-order valence-electron chi connectivity index (χ2n) is 6.97. The normalized spacial score (nSPS) is 10.8. The van der Waals surface area contributed by atoms with Crippen LogP contribution in [0, 0.1) is 15.9 Å². The Morgan fingerprint density at radius 2 is 1.78 bits per heavy atom. The van der Waals surface area contributed by atoms with E-state index in [1.54, 1.807) is 41.2 Å². The molecule has 0 aliphatic heterocycles. The molecule has 1 amide bonds. The van der Waals surface area contributed by atoms with Gasteiger partial charge in [0.25, 0.3) is 5.91 Å². The van der Waals surface area contributed by atoms with E-state index in [9.17, 15) is 19.3 Å². The Labute approximate surface area is 186 Å².